The van der Waals surface area contributed by atoms with Gasteiger partial charge in [-0.25, -0.2) is 9.48 Å². The predicted molar refractivity (Wildman–Crippen MR) is 86.0 cm³/mol. The Bertz CT molecular complexity index is 887. The third kappa shape index (κ3) is 3.03. The van der Waals surface area contributed by atoms with E-state index in [1.807, 2.05) is 60.7 Å². The van der Waals surface area contributed by atoms with Gasteiger partial charge in [-0.2, -0.15) is 5.10 Å². The van der Waals surface area contributed by atoms with Crippen LogP contribution in [0.3, 0.4) is 0 Å². The second-order valence-electron chi connectivity index (χ2n) is 5.05. The fraction of sp³-hybridized carbons (Fsp3) is 0.0556. The summed E-state index contributed by atoms with van der Waals surface area (Å²) in [5, 5.41) is 13.6. The molecule has 0 aliphatic rings. The molecule has 114 valence electrons. The molecule has 1 heterocycles. The van der Waals surface area contributed by atoms with Gasteiger partial charge in [0.2, 0.25) is 5.43 Å². The first-order valence-electron chi connectivity index (χ1n) is 7.10. The molecule has 0 fully saturated rings. The molecule has 0 saturated carbocycles. The van der Waals surface area contributed by atoms with Crippen LogP contribution in [0.4, 0.5) is 0 Å². The first kappa shape index (κ1) is 14.7. The average molecular weight is 306 g/mol. The van der Waals surface area contributed by atoms with Crippen molar-refractivity contribution < 1.29 is 9.90 Å². The van der Waals surface area contributed by atoms with Gasteiger partial charge in [-0.1, -0.05) is 48.5 Å². The summed E-state index contributed by atoms with van der Waals surface area (Å²) in [6.07, 6.45) is 1.35. The second kappa shape index (κ2) is 6.27. The monoisotopic (exact) mass is 306 g/mol. The Balaban J connectivity index is 2.22. The molecule has 0 unspecified atom stereocenters. The van der Waals surface area contributed by atoms with Gasteiger partial charge in [0.05, 0.1) is 17.6 Å². The molecule has 0 saturated heterocycles. The molecule has 0 atom stereocenters. The summed E-state index contributed by atoms with van der Waals surface area (Å²) in [7, 11) is 0. The lowest BCUT2D eigenvalue weighted by Crippen LogP contribution is -2.24. The summed E-state index contributed by atoms with van der Waals surface area (Å²) in [5.74, 6) is -1.24. The third-order valence-electron chi connectivity index (χ3n) is 3.51. The van der Waals surface area contributed by atoms with E-state index in [9.17, 15) is 14.7 Å². The highest BCUT2D eigenvalue weighted by Crippen LogP contribution is 2.16. The molecule has 23 heavy (non-hydrogen) atoms. The van der Waals surface area contributed by atoms with E-state index < -0.39 is 11.4 Å². The van der Waals surface area contributed by atoms with Crippen LogP contribution in [0.1, 0.15) is 21.6 Å². The molecule has 0 radical (unpaired) electrons. The van der Waals surface area contributed by atoms with Crippen LogP contribution < -0.4 is 5.43 Å². The summed E-state index contributed by atoms with van der Waals surface area (Å²) >= 11 is 0. The lowest BCUT2D eigenvalue weighted by Gasteiger charge is -2.14. The van der Waals surface area contributed by atoms with Gasteiger partial charge in [0.1, 0.15) is 5.56 Å². The number of hydrogen-bond acceptors (Lipinski definition) is 3. The fourth-order valence-corrected chi connectivity index (χ4v) is 2.47. The van der Waals surface area contributed by atoms with Crippen LogP contribution in [-0.2, 0) is 6.42 Å². The van der Waals surface area contributed by atoms with E-state index in [4.69, 9.17) is 0 Å². The molecule has 0 aliphatic heterocycles. The van der Waals surface area contributed by atoms with Crippen LogP contribution in [0.2, 0.25) is 0 Å². The van der Waals surface area contributed by atoms with Crippen molar-refractivity contribution in [2.24, 2.45) is 0 Å². The van der Waals surface area contributed by atoms with Gasteiger partial charge in [0.15, 0.2) is 0 Å². The fourth-order valence-electron chi connectivity index (χ4n) is 2.47. The molecule has 1 aromatic heterocycles. The molecule has 3 rings (SSSR count). The van der Waals surface area contributed by atoms with Crippen LogP contribution in [0.25, 0.3) is 5.69 Å². The SMILES string of the molecule is O=C(O)c1c(Cc2ccccc2)n(-c2ccccc2)ncc1=O. The molecule has 1 N–H and O–H groups in total. The van der Waals surface area contributed by atoms with Crippen molar-refractivity contribution in [3.05, 3.63) is 93.9 Å². The highest BCUT2D eigenvalue weighted by atomic mass is 16.4. The Kier molecular flexibility index (Phi) is 4.01. The van der Waals surface area contributed by atoms with Gasteiger partial charge in [-0.05, 0) is 17.7 Å². The summed E-state index contributed by atoms with van der Waals surface area (Å²) in [4.78, 5) is 23.6. The Morgan fingerprint density at radius 1 is 1.00 bits per heavy atom. The van der Waals surface area contributed by atoms with Crippen molar-refractivity contribution >= 4 is 5.97 Å². The molecular formula is C18H14N2O3. The van der Waals surface area contributed by atoms with Crippen LogP contribution in [0.15, 0.2) is 71.7 Å². The topological polar surface area (TPSA) is 72.2 Å². The lowest BCUT2D eigenvalue weighted by atomic mass is 10.0. The first-order chi connectivity index (χ1) is 11.2. The summed E-state index contributed by atoms with van der Waals surface area (Å²) in [6, 6.07) is 18.6. The number of carboxylic acid groups (broad SMARTS) is 1. The standard InChI is InChI=1S/C18H14N2O3/c21-16-12-19-20(14-9-5-2-6-10-14)15(17(16)18(22)23)11-13-7-3-1-4-8-13/h1-10,12H,11H2,(H,22,23). The van der Waals surface area contributed by atoms with Crippen molar-refractivity contribution in [3.8, 4) is 5.69 Å². The number of benzene rings is 2. The van der Waals surface area contributed by atoms with E-state index in [1.165, 1.54) is 4.68 Å². The Morgan fingerprint density at radius 3 is 2.22 bits per heavy atom. The van der Waals surface area contributed by atoms with Crippen LogP contribution in [0, 0.1) is 0 Å². The zero-order valence-electron chi connectivity index (χ0n) is 12.2. The molecule has 0 amide bonds. The molecule has 0 aliphatic carbocycles. The Morgan fingerprint density at radius 2 is 1.61 bits per heavy atom. The minimum absolute atomic E-state index is 0.243. The highest BCUT2D eigenvalue weighted by Gasteiger charge is 2.19. The minimum atomic E-state index is -1.24. The maximum atomic E-state index is 12.0. The van der Waals surface area contributed by atoms with Crippen molar-refractivity contribution in [2.75, 3.05) is 0 Å². The predicted octanol–water partition coefficient (Wildman–Crippen LogP) is 2.52. The van der Waals surface area contributed by atoms with Crippen molar-refractivity contribution in [1.29, 1.82) is 0 Å². The van der Waals surface area contributed by atoms with Crippen LogP contribution in [-0.4, -0.2) is 20.9 Å². The number of carboxylic acids is 1. The van der Waals surface area contributed by atoms with Crippen molar-refractivity contribution in [1.82, 2.24) is 9.78 Å². The van der Waals surface area contributed by atoms with Gasteiger partial charge in [0.25, 0.3) is 0 Å². The molecule has 0 bridgehead atoms. The summed E-state index contributed by atoms with van der Waals surface area (Å²) in [5.41, 5.74) is 1.15. The number of rotatable bonds is 4. The molecule has 0 spiro atoms. The van der Waals surface area contributed by atoms with E-state index >= 15 is 0 Å². The Hall–Kier alpha value is -3.21. The Labute approximate surface area is 132 Å². The maximum Gasteiger partial charge on any atom is 0.341 e. The molecule has 5 heteroatoms. The smallest absolute Gasteiger partial charge is 0.341 e. The summed E-state index contributed by atoms with van der Waals surface area (Å²) in [6.45, 7) is 0. The minimum Gasteiger partial charge on any atom is -0.477 e. The van der Waals surface area contributed by atoms with Gasteiger partial charge in [-0.3, -0.25) is 4.79 Å². The van der Waals surface area contributed by atoms with Crippen LogP contribution >= 0.6 is 0 Å². The van der Waals surface area contributed by atoms with Gasteiger partial charge < -0.3 is 5.11 Å². The summed E-state index contributed by atoms with van der Waals surface area (Å²) < 4.78 is 1.51. The number of para-hydroxylation sites is 1. The second-order valence-corrected chi connectivity index (χ2v) is 5.05. The number of nitrogens with zero attached hydrogens (tertiary/aromatic N) is 2. The zero-order chi connectivity index (χ0) is 16.2. The van der Waals surface area contributed by atoms with E-state index in [1.54, 1.807) is 0 Å². The molecule has 3 aromatic rings. The average Bonchev–Trinajstić information content (AvgIpc) is 2.56. The zero-order valence-corrected chi connectivity index (χ0v) is 12.2. The lowest BCUT2D eigenvalue weighted by molar-refractivity contribution is 0.0693. The molecular weight excluding hydrogens is 292 g/mol. The number of aromatic nitrogens is 2. The largest absolute Gasteiger partial charge is 0.477 e. The normalized spacial score (nSPS) is 10.4. The first-order valence-corrected chi connectivity index (χ1v) is 7.10. The molecule has 5 nitrogen and oxygen atoms in total. The van der Waals surface area contributed by atoms with E-state index in [0.29, 0.717) is 17.8 Å². The van der Waals surface area contributed by atoms with Crippen molar-refractivity contribution in [3.63, 3.8) is 0 Å². The van der Waals surface area contributed by atoms with E-state index in [-0.39, 0.29) is 5.56 Å². The van der Waals surface area contributed by atoms with Gasteiger partial charge >= 0.3 is 5.97 Å². The van der Waals surface area contributed by atoms with E-state index in [0.717, 1.165) is 11.8 Å². The number of carbonyl (C=O) groups is 1. The van der Waals surface area contributed by atoms with Crippen molar-refractivity contribution in [2.45, 2.75) is 6.42 Å². The van der Waals surface area contributed by atoms with Crippen LogP contribution in [0.5, 0.6) is 0 Å². The maximum absolute atomic E-state index is 12.0. The van der Waals surface area contributed by atoms with Gasteiger partial charge in [0, 0.05) is 6.42 Å². The third-order valence-corrected chi connectivity index (χ3v) is 3.51. The number of aromatic carboxylic acids is 1. The highest BCUT2D eigenvalue weighted by molar-refractivity contribution is 5.88. The molecule has 2 aromatic carbocycles. The number of hydrogen-bond donors (Lipinski definition) is 1. The quantitative estimate of drug-likeness (QED) is 0.804. The van der Waals surface area contributed by atoms with Gasteiger partial charge in [-0.15, -0.1) is 0 Å². The van der Waals surface area contributed by atoms with E-state index in [2.05, 4.69) is 5.10 Å².